The summed E-state index contributed by atoms with van der Waals surface area (Å²) in [6.45, 7) is 2.18. The topological polar surface area (TPSA) is 50.1 Å². The van der Waals surface area contributed by atoms with Gasteiger partial charge in [0.15, 0.2) is 6.61 Å². The minimum Gasteiger partial charge on any atom is -0.450 e. The second-order valence-corrected chi connectivity index (χ2v) is 9.35. The Balaban J connectivity index is 3.05. The number of rotatable bonds is 25. The first-order valence-corrected chi connectivity index (χ1v) is 13.8. The largest absolute Gasteiger partial charge is 0.450 e. The van der Waals surface area contributed by atoms with E-state index in [1.54, 1.807) is 0 Å². The van der Waals surface area contributed by atoms with Gasteiger partial charge in [0.05, 0.1) is 0 Å². The minimum absolute atomic E-state index is 0.113. The van der Waals surface area contributed by atoms with Crippen molar-refractivity contribution in [2.45, 2.75) is 161 Å². The van der Waals surface area contributed by atoms with Crippen molar-refractivity contribution in [3.8, 4) is 6.07 Å². The second-order valence-electron chi connectivity index (χ2n) is 9.35. The van der Waals surface area contributed by atoms with E-state index in [1.165, 1.54) is 135 Å². The van der Waals surface area contributed by atoms with Gasteiger partial charge in [-0.1, -0.05) is 148 Å². The van der Waals surface area contributed by atoms with Crippen LogP contribution in [0, 0.1) is 11.3 Å². The van der Waals surface area contributed by atoms with Crippen LogP contribution < -0.4 is 0 Å². The molecule has 0 atom stereocenters. The predicted molar refractivity (Wildman–Crippen MR) is 133 cm³/mol. The van der Waals surface area contributed by atoms with Gasteiger partial charge in [0, 0.05) is 6.42 Å². The van der Waals surface area contributed by atoms with E-state index in [4.69, 9.17) is 10.00 Å². The van der Waals surface area contributed by atoms with Crippen LogP contribution in [0.1, 0.15) is 161 Å². The van der Waals surface area contributed by atoms with Crippen LogP contribution >= 0.6 is 0 Å². The highest BCUT2D eigenvalue weighted by Gasteiger charge is 2.01. The van der Waals surface area contributed by atoms with Gasteiger partial charge in [-0.05, 0) is 6.42 Å². The number of esters is 1. The Bertz CT molecular complexity index is 402. The number of nitrogens with zero attached hydrogens (tertiary/aromatic N) is 1. The predicted octanol–water partition coefficient (Wildman–Crippen LogP) is 9.44. The number of ether oxygens (including phenoxy) is 1. The molecule has 0 aliphatic carbocycles. The summed E-state index contributed by atoms with van der Waals surface area (Å²) in [5, 5.41) is 8.34. The molecule has 0 fully saturated rings. The summed E-state index contributed by atoms with van der Waals surface area (Å²) >= 11 is 0. The molecule has 0 saturated carbocycles. The average Bonchev–Trinajstić information content (AvgIpc) is 2.78. The molecule has 0 unspecified atom stereocenters. The van der Waals surface area contributed by atoms with Crippen molar-refractivity contribution in [1.29, 1.82) is 5.26 Å². The fourth-order valence-corrected chi connectivity index (χ4v) is 4.24. The van der Waals surface area contributed by atoms with E-state index < -0.39 is 0 Å². The van der Waals surface area contributed by atoms with E-state index in [0.717, 1.165) is 12.8 Å². The fraction of sp³-hybridized carbons (Fsp3) is 0.929. The van der Waals surface area contributed by atoms with Gasteiger partial charge >= 0.3 is 5.97 Å². The van der Waals surface area contributed by atoms with E-state index in [2.05, 4.69) is 6.92 Å². The zero-order valence-electron chi connectivity index (χ0n) is 20.9. The maximum atomic E-state index is 11.2. The van der Waals surface area contributed by atoms with Gasteiger partial charge in [0.1, 0.15) is 6.07 Å². The third-order valence-electron chi connectivity index (χ3n) is 6.28. The van der Waals surface area contributed by atoms with Gasteiger partial charge in [-0.15, -0.1) is 0 Å². The molecule has 182 valence electrons. The Hall–Kier alpha value is -1.04. The molecular formula is C28H53NO2. The highest BCUT2D eigenvalue weighted by molar-refractivity contribution is 5.69. The average molecular weight is 436 g/mol. The Kier molecular flexibility index (Phi) is 26.1. The molecule has 0 bridgehead atoms. The third kappa shape index (κ3) is 26.9. The molecule has 0 aromatic carbocycles. The van der Waals surface area contributed by atoms with E-state index >= 15 is 0 Å². The van der Waals surface area contributed by atoms with Crippen molar-refractivity contribution in [3.63, 3.8) is 0 Å². The van der Waals surface area contributed by atoms with Crippen molar-refractivity contribution in [1.82, 2.24) is 0 Å². The molecule has 0 aliphatic heterocycles. The molecule has 3 heteroatoms. The summed E-state index contributed by atoms with van der Waals surface area (Å²) in [5.41, 5.74) is 0. The lowest BCUT2D eigenvalue weighted by molar-refractivity contribution is -0.142. The van der Waals surface area contributed by atoms with Crippen LogP contribution in [0.15, 0.2) is 0 Å². The van der Waals surface area contributed by atoms with Gasteiger partial charge in [0.25, 0.3) is 0 Å². The molecule has 0 radical (unpaired) electrons. The first-order chi connectivity index (χ1) is 15.3. The van der Waals surface area contributed by atoms with E-state index in [1.807, 2.05) is 6.07 Å². The normalized spacial score (nSPS) is 10.8. The van der Waals surface area contributed by atoms with Crippen molar-refractivity contribution >= 4 is 5.97 Å². The van der Waals surface area contributed by atoms with Crippen LogP contribution in [0.3, 0.4) is 0 Å². The van der Waals surface area contributed by atoms with Crippen LogP contribution in [-0.4, -0.2) is 12.6 Å². The molecule has 0 heterocycles. The number of nitriles is 1. The molecule has 0 saturated heterocycles. The highest BCUT2D eigenvalue weighted by atomic mass is 16.5. The standard InChI is InChI=1S/C28H53NO2/c1-2-3-4-5-6-7-8-9-10-11-12-13-14-15-16-17-18-19-20-21-22-23-24-25-28(30)31-27-26-29/h2-25,27H2,1H3. The number of carbonyl (C=O) groups excluding carboxylic acids is 1. The molecule has 0 amide bonds. The highest BCUT2D eigenvalue weighted by Crippen LogP contribution is 2.15. The quantitative estimate of drug-likeness (QED) is 0.106. The number of carbonyl (C=O) groups is 1. The lowest BCUT2D eigenvalue weighted by atomic mass is 10.0. The SMILES string of the molecule is CCCCCCCCCCCCCCCCCCCCCCCCCC(=O)OCC#N. The summed E-state index contributed by atoms with van der Waals surface area (Å²) in [4.78, 5) is 11.2. The van der Waals surface area contributed by atoms with Crippen molar-refractivity contribution < 1.29 is 9.53 Å². The monoisotopic (exact) mass is 435 g/mol. The van der Waals surface area contributed by atoms with Crippen molar-refractivity contribution in [2.24, 2.45) is 0 Å². The van der Waals surface area contributed by atoms with E-state index in [-0.39, 0.29) is 12.6 Å². The molecule has 0 aromatic rings. The van der Waals surface area contributed by atoms with Gasteiger partial charge < -0.3 is 4.74 Å². The van der Waals surface area contributed by atoms with Crippen LogP contribution in [0.5, 0.6) is 0 Å². The summed E-state index contributed by atoms with van der Waals surface area (Å²) in [6.07, 6.45) is 32.1. The number of unbranched alkanes of at least 4 members (excludes halogenated alkanes) is 22. The van der Waals surface area contributed by atoms with Crippen molar-refractivity contribution in [2.75, 3.05) is 6.61 Å². The van der Waals surface area contributed by atoms with Crippen LogP contribution in [0.4, 0.5) is 0 Å². The smallest absolute Gasteiger partial charge is 0.306 e. The summed E-state index contributed by atoms with van der Waals surface area (Å²) in [6, 6.07) is 1.82. The van der Waals surface area contributed by atoms with Gasteiger partial charge in [-0.3, -0.25) is 4.79 Å². The second kappa shape index (κ2) is 27.0. The molecule has 0 rings (SSSR count). The fourth-order valence-electron chi connectivity index (χ4n) is 4.24. The first kappa shape index (κ1) is 30.0. The lowest BCUT2D eigenvalue weighted by Gasteiger charge is -2.04. The number of hydrogen-bond acceptors (Lipinski definition) is 3. The van der Waals surface area contributed by atoms with E-state index in [0.29, 0.717) is 6.42 Å². The van der Waals surface area contributed by atoms with Crippen LogP contribution in [0.2, 0.25) is 0 Å². The molecule has 3 nitrogen and oxygen atoms in total. The molecule has 0 N–H and O–H groups in total. The maximum absolute atomic E-state index is 11.2. The first-order valence-electron chi connectivity index (χ1n) is 13.8. The van der Waals surface area contributed by atoms with Gasteiger partial charge in [0.2, 0.25) is 0 Å². The number of hydrogen-bond donors (Lipinski definition) is 0. The van der Waals surface area contributed by atoms with Gasteiger partial charge in [-0.2, -0.15) is 5.26 Å². The maximum Gasteiger partial charge on any atom is 0.306 e. The molecule has 0 aromatic heterocycles. The Morgan fingerprint density at radius 3 is 1.13 bits per heavy atom. The lowest BCUT2D eigenvalue weighted by Crippen LogP contribution is -2.03. The Morgan fingerprint density at radius 1 is 0.548 bits per heavy atom. The summed E-state index contributed by atoms with van der Waals surface area (Å²) < 4.78 is 4.74. The third-order valence-corrected chi connectivity index (χ3v) is 6.28. The van der Waals surface area contributed by atoms with E-state index in [9.17, 15) is 4.79 Å². The van der Waals surface area contributed by atoms with Crippen molar-refractivity contribution in [3.05, 3.63) is 0 Å². The zero-order chi connectivity index (χ0) is 22.7. The molecule has 0 aliphatic rings. The van der Waals surface area contributed by atoms with Crippen LogP contribution in [-0.2, 0) is 9.53 Å². The molecule has 31 heavy (non-hydrogen) atoms. The summed E-state index contributed by atoms with van der Waals surface area (Å²) in [7, 11) is 0. The minimum atomic E-state index is -0.231. The summed E-state index contributed by atoms with van der Waals surface area (Å²) in [5.74, 6) is -0.231. The Labute approximate surface area is 194 Å². The zero-order valence-corrected chi connectivity index (χ0v) is 20.9. The van der Waals surface area contributed by atoms with Gasteiger partial charge in [-0.25, -0.2) is 0 Å². The molecule has 0 spiro atoms. The molecular weight excluding hydrogens is 382 g/mol. The Morgan fingerprint density at radius 2 is 0.839 bits per heavy atom. The van der Waals surface area contributed by atoms with Crippen LogP contribution in [0.25, 0.3) is 0 Å².